The Morgan fingerprint density at radius 2 is 1.09 bits per heavy atom. The molecule has 0 aliphatic heterocycles. The van der Waals surface area contributed by atoms with Gasteiger partial charge in [-0.3, -0.25) is 0 Å². The molecule has 0 atom stereocenters. The Morgan fingerprint density at radius 3 is 1.45 bits per heavy atom. The van der Waals surface area contributed by atoms with Crippen molar-refractivity contribution in [2.75, 3.05) is 0 Å². The van der Waals surface area contributed by atoms with Crippen LogP contribution in [0.1, 0.15) is 0 Å². The first-order valence-corrected chi connectivity index (χ1v) is 9.61. The topological polar surface area (TPSA) is 0 Å². The summed E-state index contributed by atoms with van der Waals surface area (Å²) in [6.07, 6.45) is 0. The number of hydrogen-bond acceptors (Lipinski definition) is 0. The molecule has 0 aliphatic carbocycles. The van der Waals surface area contributed by atoms with Crippen molar-refractivity contribution in [2.24, 2.45) is 0 Å². The molecule has 0 heterocycles. The summed E-state index contributed by atoms with van der Waals surface area (Å²) in [7, 11) is 0.750. The minimum absolute atomic E-state index is 0. The van der Waals surface area contributed by atoms with Gasteiger partial charge in [-0.2, -0.15) is 18.2 Å². The van der Waals surface area contributed by atoms with E-state index in [-0.39, 0.29) is 26.2 Å². The van der Waals surface area contributed by atoms with Crippen LogP contribution >= 0.6 is 0 Å². The molecular weight excluding hydrogens is 360 g/mol. The molecule has 0 unspecified atom stereocenters. The first-order chi connectivity index (χ1) is 10.4. The fraction of sp³-hybridized carbons (Fsp3) is 0.100. The van der Waals surface area contributed by atoms with Gasteiger partial charge in [-0.25, -0.2) is 12.1 Å². The minimum Gasteiger partial charge on any atom is -0.214 e. The second kappa shape index (κ2) is 10.5. The zero-order valence-corrected chi connectivity index (χ0v) is 16.8. The van der Waals surface area contributed by atoms with Crippen LogP contribution < -0.4 is 0 Å². The normalized spacial score (nSPS) is 9.18. The molecule has 4 aromatic carbocycles. The Kier molecular flexibility index (Phi) is 8.96. The molecule has 0 saturated heterocycles. The van der Waals surface area contributed by atoms with E-state index in [0.717, 1.165) is 9.52 Å². The summed E-state index contributed by atoms with van der Waals surface area (Å²) in [5.74, 6) is 0. The van der Waals surface area contributed by atoms with Gasteiger partial charge in [0.25, 0.3) is 0 Å². The zero-order chi connectivity index (χ0) is 14.9. The average Bonchev–Trinajstić information content (AvgIpc) is 3.19. The Hall–Kier alpha value is -1.24. The number of fused-ring (bicyclic) bond motifs is 3. The third-order valence-corrected chi connectivity index (χ3v) is 3.08. The van der Waals surface area contributed by atoms with E-state index in [1.54, 1.807) is 0 Å². The van der Waals surface area contributed by atoms with Gasteiger partial charge < -0.3 is 0 Å². The van der Waals surface area contributed by atoms with Crippen LogP contribution in [0, 0.1) is 0 Å². The molecule has 4 rings (SSSR count). The van der Waals surface area contributed by atoms with Crippen LogP contribution in [0.25, 0.3) is 21.5 Å². The van der Waals surface area contributed by atoms with Crippen LogP contribution in [0.2, 0.25) is 13.1 Å². The number of benzene rings is 2. The van der Waals surface area contributed by atoms with Gasteiger partial charge in [-0.05, 0) is 0 Å². The Balaban J connectivity index is 0.000000227. The molecule has 4 aromatic rings. The molecule has 2 heteroatoms. The zero-order valence-electron chi connectivity index (χ0n) is 13.2. The molecule has 0 spiro atoms. The van der Waals surface area contributed by atoms with E-state index < -0.39 is 0 Å². The van der Waals surface area contributed by atoms with Crippen LogP contribution in [-0.4, -0.2) is 9.52 Å². The van der Waals surface area contributed by atoms with Crippen molar-refractivity contribution in [2.45, 2.75) is 13.1 Å². The maximum absolute atomic E-state index is 2.24. The van der Waals surface area contributed by atoms with Crippen molar-refractivity contribution >= 4 is 31.1 Å². The van der Waals surface area contributed by atoms with E-state index in [1.807, 2.05) is 30.3 Å². The van der Waals surface area contributed by atoms with Gasteiger partial charge in [0.15, 0.2) is 0 Å². The van der Waals surface area contributed by atoms with Gasteiger partial charge in [0.05, 0.1) is 0 Å². The van der Waals surface area contributed by atoms with Gasteiger partial charge in [-0.15, -0.1) is 39.7 Å². The third-order valence-electron chi connectivity index (χ3n) is 3.08. The summed E-state index contributed by atoms with van der Waals surface area (Å²) < 4.78 is 0. The summed E-state index contributed by atoms with van der Waals surface area (Å²) in [6.45, 7) is 4.42. The fourth-order valence-corrected chi connectivity index (χ4v) is 2.22. The average molecular weight is 381 g/mol. The Bertz CT molecular complexity index is 686. The first kappa shape index (κ1) is 18.8. The van der Waals surface area contributed by atoms with E-state index in [0.29, 0.717) is 0 Å². The van der Waals surface area contributed by atoms with Crippen molar-refractivity contribution in [1.82, 2.24) is 0 Å². The van der Waals surface area contributed by atoms with E-state index in [2.05, 4.69) is 67.7 Å². The first-order valence-electron chi connectivity index (χ1n) is 7.30. The Labute approximate surface area is 154 Å². The second-order valence-corrected chi connectivity index (χ2v) is 6.01. The summed E-state index contributed by atoms with van der Waals surface area (Å²) in [6, 6.07) is 29.3. The van der Waals surface area contributed by atoms with Gasteiger partial charge in [0.1, 0.15) is 0 Å². The number of hydrogen-bond donors (Lipinski definition) is 0. The van der Waals surface area contributed by atoms with E-state index in [9.17, 15) is 0 Å². The molecule has 0 N–H and O–H groups in total. The minimum atomic E-state index is 0. The molecule has 0 aliphatic rings. The van der Waals surface area contributed by atoms with E-state index in [4.69, 9.17) is 0 Å². The summed E-state index contributed by atoms with van der Waals surface area (Å²) in [5.41, 5.74) is 0. The quantitative estimate of drug-likeness (QED) is 0.274. The predicted octanol–water partition coefficient (Wildman–Crippen LogP) is 5.63. The maximum Gasteiger partial charge on any atom is 2.00 e. The molecule has 0 aromatic heterocycles. The largest absolute Gasteiger partial charge is 2.00 e. The van der Waals surface area contributed by atoms with Crippen molar-refractivity contribution < 1.29 is 26.2 Å². The summed E-state index contributed by atoms with van der Waals surface area (Å²) in [4.78, 5) is 0. The molecular formula is C20H21SiZr. The smallest absolute Gasteiger partial charge is 0.214 e. The van der Waals surface area contributed by atoms with Crippen LogP contribution in [0.4, 0.5) is 0 Å². The van der Waals surface area contributed by atoms with Crippen LogP contribution in [0.3, 0.4) is 0 Å². The molecule has 0 bridgehead atoms. The molecule has 22 heavy (non-hydrogen) atoms. The van der Waals surface area contributed by atoms with Crippen LogP contribution in [0.5, 0.6) is 0 Å². The van der Waals surface area contributed by atoms with Gasteiger partial charge >= 0.3 is 26.2 Å². The molecule has 1 radical (unpaired) electrons. The van der Waals surface area contributed by atoms with Gasteiger partial charge in [-0.1, -0.05) is 49.5 Å². The Morgan fingerprint density at radius 1 is 0.682 bits per heavy atom. The van der Waals surface area contributed by atoms with Gasteiger partial charge in [0, 0.05) is 9.52 Å². The van der Waals surface area contributed by atoms with Crippen molar-refractivity contribution in [1.29, 1.82) is 0 Å². The molecule has 0 saturated carbocycles. The van der Waals surface area contributed by atoms with Crippen molar-refractivity contribution in [3.05, 3.63) is 84.9 Å². The summed E-state index contributed by atoms with van der Waals surface area (Å²) in [5, 5.41) is 5.39. The van der Waals surface area contributed by atoms with Crippen LogP contribution in [0.15, 0.2) is 84.9 Å². The predicted molar refractivity (Wildman–Crippen MR) is 98.0 cm³/mol. The fourth-order valence-electron chi connectivity index (χ4n) is 2.22. The third kappa shape index (κ3) is 5.19. The van der Waals surface area contributed by atoms with Gasteiger partial charge in [0.2, 0.25) is 0 Å². The molecule has 0 nitrogen and oxygen atoms in total. The summed E-state index contributed by atoms with van der Waals surface area (Å²) >= 11 is 0. The van der Waals surface area contributed by atoms with Crippen molar-refractivity contribution in [3.8, 4) is 0 Å². The maximum atomic E-state index is 2.24. The molecule has 0 fully saturated rings. The number of rotatable bonds is 0. The van der Waals surface area contributed by atoms with E-state index >= 15 is 0 Å². The SMILES string of the molecule is C[SiH]C.[Zr+2].c1cc[cH-]c1.c1ccc2c(c1)[cH-]c1ccccc12. The van der Waals surface area contributed by atoms with Crippen LogP contribution in [-0.2, 0) is 26.2 Å². The molecule has 109 valence electrons. The molecule has 0 amide bonds. The van der Waals surface area contributed by atoms with Crippen molar-refractivity contribution in [3.63, 3.8) is 0 Å². The standard InChI is InChI=1S/C13H9.C5H5.C2H7Si.Zr/c1-3-7-12-10(5-1)9-11-6-2-4-8-13(11)12;1-2-4-5-3-1;1-3-2;/h1-9H;1-5H;3H,1-2H3;/q2*-1;;+2. The monoisotopic (exact) mass is 379 g/mol. The second-order valence-electron chi connectivity index (χ2n) is 4.86. The van der Waals surface area contributed by atoms with E-state index in [1.165, 1.54) is 21.5 Å².